The molecule has 0 aromatic heterocycles. The van der Waals surface area contributed by atoms with Crippen molar-refractivity contribution < 1.29 is 13.5 Å². The van der Waals surface area contributed by atoms with Crippen LogP contribution in [0.1, 0.15) is 22.1 Å². The largest absolute Gasteiger partial charge is 0.372 e. The summed E-state index contributed by atoms with van der Waals surface area (Å²) in [5.74, 6) is 0. The highest BCUT2D eigenvalue weighted by Gasteiger charge is 2.21. The van der Waals surface area contributed by atoms with Crippen molar-refractivity contribution >= 4 is 11.6 Å². The average Bonchev–Trinajstić information content (AvgIpc) is 2.62. The Balaban J connectivity index is 2.28. The Hall–Kier alpha value is -0.670. The number of ether oxygens (including phenoxy) is 1. The van der Waals surface area contributed by atoms with Gasteiger partial charge in [-0.15, -0.1) is 11.6 Å². The fourth-order valence-corrected chi connectivity index (χ4v) is 1.64. The molecule has 1 aliphatic heterocycles. The maximum Gasteiger partial charge on any atom is 0.258 e. The lowest BCUT2D eigenvalue weighted by Gasteiger charge is -2.09. The molecule has 4 heteroatoms. The number of hydrogen-bond donors (Lipinski definition) is 0. The zero-order chi connectivity index (χ0) is 10.1. The molecule has 1 aliphatic rings. The number of fused-ring (bicyclic) bond motifs is 1. The van der Waals surface area contributed by atoms with Gasteiger partial charge in [0.2, 0.25) is 0 Å². The SMILES string of the molecule is FC(F)C(Cl)c1ccc2c(c1)COC2. The van der Waals surface area contributed by atoms with Gasteiger partial charge in [-0.25, -0.2) is 8.78 Å². The van der Waals surface area contributed by atoms with Crippen LogP contribution in [0.3, 0.4) is 0 Å². The van der Waals surface area contributed by atoms with Crippen LogP contribution in [0.25, 0.3) is 0 Å². The van der Waals surface area contributed by atoms with Crippen LogP contribution in [-0.4, -0.2) is 6.43 Å². The van der Waals surface area contributed by atoms with Crippen LogP contribution in [0.15, 0.2) is 18.2 Å². The highest BCUT2D eigenvalue weighted by Crippen LogP contribution is 2.30. The second kappa shape index (κ2) is 3.83. The number of rotatable bonds is 2. The second-order valence-electron chi connectivity index (χ2n) is 3.26. The normalized spacial score (nSPS) is 17.1. The standard InChI is InChI=1S/C10H9ClF2O/c11-9(10(12)13)6-1-2-7-4-14-5-8(7)3-6/h1-3,9-10H,4-5H2. The summed E-state index contributed by atoms with van der Waals surface area (Å²) in [6, 6.07) is 5.14. The summed E-state index contributed by atoms with van der Waals surface area (Å²) < 4.78 is 29.8. The Morgan fingerprint density at radius 1 is 1.21 bits per heavy atom. The molecule has 1 atom stereocenters. The molecule has 0 bridgehead atoms. The van der Waals surface area contributed by atoms with E-state index < -0.39 is 11.8 Å². The number of halogens is 3. The molecule has 2 rings (SSSR count). The van der Waals surface area contributed by atoms with E-state index >= 15 is 0 Å². The summed E-state index contributed by atoms with van der Waals surface area (Å²) in [5.41, 5.74) is 2.49. The smallest absolute Gasteiger partial charge is 0.258 e. The lowest BCUT2D eigenvalue weighted by molar-refractivity contribution is 0.134. The molecule has 0 saturated carbocycles. The topological polar surface area (TPSA) is 9.23 Å². The summed E-state index contributed by atoms with van der Waals surface area (Å²) in [4.78, 5) is 0. The molecule has 1 aromatic rings. The zero-order valence-corrected chi connectivity index (χ0v) is 8.10. The van der Waals surface area contributed by atoms with Gasteiger partial charge in [0.25, 0.3) is 6.43 Å². The van der Waals surface area contributed by atoms with Crippen LogP contribution in [0.5, 0.6) is 0 Å². The van der Waals surface area contributed by atoms with Crippen LogP contribution >= 0.6 is 11.6 Å². The van der Waals surface area contributed by atoms with Gasteiger partial charge in [-0.1, -0.05) is 18.2 Å². The van der Waals surface area contributed by atoms with E-state index in [2.05, 4.69) is 0 Å². The third-order valence-electron chi connectivity index (χ3n) is 2.29. The molecule has 1 nitrogen and oxygen atoms in total. The highest BCUT2D eigenvalue weighted by atomic mass is 35.5. The lowest BCUT2D eigenvalue weighted by atomic mass is 10.0. The first-order chi connectivity index (χ1) is 6.68. The third kappa shape index (κ3) is 1.74. The van der Waals surface area contributed by atoms with Gasteiger partial charge < -0.3 is 4.74 Å². The molecule has 76 valence electrons. The van der Waals surface area contributed by atoms with Crippen molar-refractivity contribution in [3.63, 3.8) is 0 Å². The van der Waals surface area contributed by atoms with Crippen LogP contribution in [0, 0.1) is 0 Å². The summed E-state index contributed by atoms with van der Waals surface area (Å²) in [5, 5.41) is -1.22. The molecule has 0 amide bonds. The minimum atomic E-state index is -2.53. The van der Waals surface area contributed by atoms with E-state index in [-0.39, 0.29) is 0 Å². The minimum absolute atomic E-state index is 0.464. The number of hydrogen-bond acceptors (Lipinski definition) is 1. The molecule has 14 heavy (non-hydrogen) atoms. The Labute approximate surface area is 85.6 Å². The molecular formula is C10H9ClF2O. The quantitative estimate of drug-likeness (QED) is 0.693. The summed E-state index contributed by atoms with van der Waals surface area (Å²) >= 11 is 5.55. The van der Waals surface area contributed by atoms with Gasteiger partial charge in [-0.05, 0) is 16.7 Å². The fraction of sp³-hybridized carbons (Fsp3) is 0.400. The van der Waals surface area contributed by atoms with Gasteiger partial charge in [0.1, 0.15) is 5.38 Å². The predicted molar refractivity (Wildman–Crippen MR) is 49.5 cm³/mol. The number of alkyl halides is 3. The van der Waals surface area contributed by atoms with Gasteiger partial charge in [-0.2, -0.15) is 0 Å². The molecule has 0 aliphatic carbocycles. The first-order valence-corrected chi connectivity index (χ1v) is 4.74. The summed E-state index contributed by atoms with van der Waals surface area (Å²) in [6.45, 7) is 1.06. The van der Waals surface area contributed by atoms with Gasteiger partial charge >= 0.3 is 0 Å². The van der Waals surface area contributed by atoms with Gasteiger partial charge in [-0.3, -0.25) is 0 Å². The average molecular weight is 219 g/mol. The van der Waals surface area contributed by atoms with E-state index in [4.69, 9.17) is 16.3 Å². The molecule has 0 fully saturated rings. The first kappa shape index (κ1) is 9.87. The maximum atomic E-state index is 12.3. The van der Waals surface area contributed by atoms with Crippen molar-refractivity contribution in [2.75, 3.05) is 0 Å². The van der Waals surface area contributed by atoms with Crippen molar-refractivity contribution in [2.24, 2.45) is 0 Å². The van der Waals surface area contributed by atoms with Gasteiger partial charge in [0.05, 0.1) is 13.2 Å². The van der Waals surface area contributed by atoms with Crippen LogP contribution in [-0.2, 0) is 18.0 Å². The van der Waals surface area contributed by atoms with Gasteiger partial charge in [0.15, 0.2) is 0 Å². The van der Waals surface area contributed by atoms with Crippen LogP contribution in [0.4, 0.5) is 8.78 Å². The Bertz CT molecular complexity index is 341. The van der Waals surface area contributed by atoms with Crippen molar-refractivity contribution in [3.05, 3.63) is 34.9 Å². The van der Waals surface area contributed by atoms with Gasteiger partial charge in [0, 0.05) is 0 Å². The Morgan fingerprint density at radius 3 is 2.64 bits per heavy atom. The molecule has 0 saturated heterocycles. The summed E-state index contributed by atoms with van der Waals surface area (Å²) in [7, 11) is 0. The summed E-state index contributed by atoms with van der Waals surface area (Å²) in [6.07, 6.45) is -2.53. The molecule has 1 aromatic carbocycles. The van der Waals surface area contributed by atoms with Crippen molar-refractivity contribution in [1.29, 1.82) is 0 Å². The maximum absolute atomic E-state index is 12.3. The predicted octanol–water partition coefficient (Wildman–Crippen LogP) is 3.26. The molecular weight excluding hydrogens is 210 g/mol. The Morgan fingerprint density at radius 2 is 1.93 bits per heavy atom. The van der Waals surface area contributed by atoms with Crippen LogP contribution in [0.2, 0.25) is 0 Å². The number of benzene rings is 1. The van der Waals surface area contributed by atoms with Crippen molar-refractivity contribution in [2.45, 2.75) is 25.0 Å². The van der Waals surface area contributed by atoms with E-state index in [0.29, 0.717) is 18.8 Å². The van der Waals surface area contributed by atoms with Crippen molar-refractivity contribution in [1.82, 2.24) is 0 Å². The van der Waals surface area contributed by atoms with Crippen molar-refractivity contribution in [3.8, 4) is 0 Å². The molecule has 1 unspecified atom stereocenters. The highest BCUT2D eigenvalue weighted by molar-refractivity contribution is 6.21. The zero-order valence-electron chi connectivity index (χ0n) is 7.34. The second-order valence-corrected chi connectivity index (χ2v) is 3.73. The molecule has 0 spiro atoms. The molecule has 0 N–H and O–H groups in total. The Kier molecular flexibility index (Phi) is 2.70. The minimum Gasteiger partial charge on any atom is -0.372 e. The van der Waals surface area contributed by atoms with Crippen LogP contribution < -0.4 is 0 Å². The first-order valence-electron chi connectivity index (χ1n) is 4.30. The van der Waals surface area contributed by atoms with E-state index in [9.17, 15) is 8.78 Å². The molecule has 0 radical (unpaired) electrons. The molecule has 1 heterocycles. The third-order valence-corrected chi connectivity index (χ3v) is 2.73. The lowest BCUT2D eigenvalue weighted by Crippen LogP contribution is -2.02. The fourth-order valence-electron chi connectivity index (χ4n) is 1.51. The van der Waals surface area contributed by atoms with E-state index in [1.165, 1.54) is 0 Å². The van der Waals surface area contributed by atoms with E-state index in [1.54, 1.807) is 18.2 Å². The monoisotopic (exact) mass is 218 g/mol. The van der Waals surface area contributed by atoms with E-state index in [1.807, 2.05) is 0 Å². The van der Waals surface area contributed by atoms with E-state index in [0.717, 1.165) is 11.1 Å².